The number of piperidine rings is 1. The minimum Gasteiger partial charge on any atom is -0.352 e. The van der Waals surface area contributed by atoms with Crippen molar-refractivity contribution in [3.8, 4) is 0 Å². The first-order chi connectivity index (χ1) is 19.6. The fourth-order valence-electron chi connectivity index (χ4n) is 6.93. The van der Waals surface area contributed by atoms with Crippen molar-refractivity contribution in [3.63, 3.8) is 0 Å². The van der Waals surface area contributed by atoms with Crippen molar-refractivity contribution >= 4 is 40.7 Å². The molecular weight excluding hydrogens is 595 g/mol. The number of nitrogens with one attached hydrogen (secondary N) is 3. The lowest BCUT2D eigenvalue weighted by Gasteiger charge is -2.38. The van der Waals surface area contributed by atoms with Gasteiger partial charge in [-0.25, -0.2) is 4.39 Å². The number of hydrogen-bond donors (Lipinski definition) is 3. The summed E-state index contributed by atoms with van der Waals surface area (Å²) < 4.78 is 54.5. The van der Waals surface area contributed by atoms with E-state index in [2.05, 4.69) is 16.0 Å². The average Bonchev–Trinajstić information content (AvgIpc) is 3.35. The summed E-state index contributed by atoms with van der Waals surface area (Å²) in [4.78, 5) is 29.5. The number of anilines is 1. The molecule has 3 aliphatic rings. The summed E-state index contributed by atoms with van der Waals surface area (Å²) in [6.45, 7) is 5.44. The third kappa shape index (κ3) is 5.87. The molecule has 0 aromatic heterocycles. The van der Waals surface area contributed by atoms with Crippen LogP contribution in [0.25, 0.3) is 0 Å². The second kappa shape index (κ2) is 11.3. The van der Waals surface area contributed by atoms with Crippen molar-refractivity contribution < 1.29 is 27.2 Å². The van der Waals surface area contributed by atoms with Crippen molar-refractivity contribution in [2.24, 2.45) is 5.41 Å². The maximum Gasteiger partial charge on any atom is 0.401 e. The van der Waals surface area contributed by atoms with Gasteiger partial charge in [0.2, 0.25) is 11.8 Å². The van der Waals surface area contributed by atoms with Crippen molar-refractivity contribution in [1.82, 2.24) is 15.5 Å². The molecule has 5 rings (SSSR count). The van der Waals surface area contributed by atoms with Gasteiger partial charge in [-0.1, -0.05) is 62.2 Å². The Balaban J connectivity index is 1.55. The molecule has 0 aliphatic carbocycles. The molecule has 2 saturated heterocycles. The number of carbonyl (C=O) groups is 2. The van der Waals surface area contributed by atoms with Crippen LogP contribution in [-0.2, 0) is 15.0 Å². The second-order valence-corrected chi connectivity index (χ2v) is 13.6. The quantitative estimate of drug-likeness (QED) is 0.354. The van der Waals surface area contributed by atoms with Crippen molar-refractivity contribution in [2.75, 3.05) is 25.0 Å². The van der Waals surface area contributed by atoms with E-state index < -0.39 is 47.9 Å². The Morgan fingerprint density at radius 3 is 2.45 bits per heavy atom. The number of amides is 2. The Morgan fingerprint density at radius 2 is 1.81 bits per heavy atom. The van der Waals surface area contributed by atoms with Crippen molar-refractivity contribution in [1.29, 1.82) is 0 Å². The SMILES string of the molecule is CC(C)(C)CC1NC(C(=O)NC2CCN(CC(F)(F)F)CC2)C(c2cccc(Cl)c2F)C12C(=O)Nc1cc(Cl)ccc12. The molecule has 2 aromatic carbocycles. The highest BCUT2D eigenvalue weighted by Gasteiger charge is 2.66. The fraction of sp³-hybridized carbons (Fsp3) is 0.533. The van der Waals surface area contributed by atoms with Gasteiger partial charge in [0, 0.05) is 41.8 Å². The van der Waals surface area contributed by atoms with Gasteiger partial charge < -0.3 is 16.0 Å². The smallest absolute Gasteiger partial charge is 0.352 e. The highest BCUT2D eigenvalue weighted by atomic mass is 35.5. The maximum atomic E-state index is 15.9. The van der Waals surface area contributed by atoms with Gasteiger partial charge in [-0.05, 0) is 54.0 Å². The van der Waals surface area contributed by atoms with E-state index in [-0.39, 0.29) is 41.0 Å². The van der Waals surface area contributed by atoms with E-state index in [0.29, 0.717) is 35.5 Å². The molecule has 4 unspecified atom stereocenters. The number of carbonyl (C=O) groups excluding carboxylic acids is 2. The van der Waals surface area contributed by atoms with Crippen LogP contribution in [0.1, 0.15) is 57.1 Å². The summed E-state index contributed by atoms with van der Waals surface area (Å²) >= 11 is 12.5. The zero-order valence-electron chi connectivity index (χ0n) is 23.5. The van der Waals surface area contributed by atoms with E-state index in [1.165, 1.54) is 11.0 Å². The molecule has 12 heteroatoms. The Labute approximate surface area is 252 Å². The molecule has 3 aliphatic heterocycles. The number of fused-ring (bicyclic) bond motifs is 2. The van der Waals surface area contributed by atoms with Crippen LogP contribution in [-0.4, -0.2) is 60.7 Å². The number of rotatable bonds is 5. The monoisotopic (exact) mass is 628 g/mol. The lowest BCUT2D eigenvalue weighted by atomic mass is 9.62. The molecule has 2 aromatic rings. The number of benzene rings is 2. The Kier molecular flexibility index (Phi) is 8.33. The van der Waals surface area contributed by atoms with Crippen LogP contribution in [0.4, 0.5) is 23.2 Å². The molecule has 2 fully saturated rings. The lowest BCUT2D eigenvalue weighted by molar-refractivity contribution is -0.148. The van der Waals surface area contributed by atoms with Crippen LogP contribution in [0.5, 0.6) is 0 Å². The molecule has 4 atom stereocenters. The van der Waals surface area contributed by atoms with Gasteiger partial charge in [-0.2, -0.15) is 13.2 Å². The zero-order valence-corrected chi connectivity index (χ0v) is 25.1. The minimum absolute atomic E-state index is 0.129. The lowest BCUT2D eigenvalue weighted by Crippen LogP contribution is -2.52. The van der Waals surface area contributed by atoms with Crippen LogP contribution in [0.15, 0.2) is 36.4 Å². The van der Waals surface area contributed by atoms with Crippen LogP contribution < -0.4 is 16.0 Å². The van der Waals surface area contributed by atoms with Gasteiger partial charge in [0.25, 0.3) is 0 Å². The Morgan fingerprint density at radius 1 is 1.12 bits per heavy atom. The minimum atomic E-state index is -4.29. The summed E-state index contributed by atoms with van der Waals surface area (Å²) in [5.41, 5.74) is -0.424. The molecule has 228 valence electrons. The first-order valence-corrected chi connectivity index (χ1v) is 14.8. The van der Waals surface area contributed by atoms with Gasteiger partial charge in [0.1, 0.15) is 11.2 Å². The third-order valence-electron chi connectivity index (χ3n) is 8.56. The predicted molar refractivity (Wildman–Crippen MR) is 154 cm³/mol. The van der Waals surface area contributed by atoms with Crippen LogP contribution in [0.2, 0.25) is 10.0 Å². The maximum absolute atomic E-state index is 15.9. The molecular formula is C30H34Cl2F4N4O2. The van der Waals surface area contributed by atoms with Gasteiger partial charge in [0.05, 0.1) is 17.6 Å². The number of alkyl halides is 3. The van der Waals surface area contributed by atoms with Crippen LogP contribution in [0.3, 0.4) is 0 Å². The molecule has 1 spiro atoms. The molecule has 6 nitrogen and oxygen atoms in total. The number of hydrogen-bond acceptors (Lipinski definition) is 4. The average molecular weight is 630 g/mol. The van der Waals surface area contributed by atoms with Crippen LogP contribution >= 0.6 is 23.2 Å². The van der Waals surface area contributed by atoms with E-state index in [1.807, 2.05) is 20.8 Å². The molecule has 0 bridgehead atoms. The molecule has 42 heavy (non-hydrogen) atoms. The second-order valence-electron chi connectivity index (χ2n) is 12.8. The zero-order chi connectivity index (χ0) is 30.6. The highest BCUT2D eigenvalue weighted by molar-refractivity contribution is 6.31. The van der Waals surface area contributed by atoms with Crippen molar-refractivity contribution in [2.45, 2.75) is 75.7 Å². The third-order valence-corrected chi connectivity index (χ3v) is 9.08. The first-order valence-electron chi connectivity index (χ1n) is 14.0. The Bertz CT molecular complexity index is 1370. The van der Waals surface area contributed by atoms with E-state index >= 15 is 4.39 Å². The fourth-order valence-corrected chi connectivity index (χ4v) is 7.29. The highest BCUT2D eigenvalue weighted by Crippen LogP contribution is 2.57. The van der Waals surface area contributed by atoms with Gasteiger partial charge >= 0.3 is 6.18 Å². The molecule has 2 amide bonds. The van der Waals surface area contributed by atoms with Crippen molar-refractivity contribution in [3.05, 3.63) is 63.4 Å². The predicted octanol–water partition coefficient (Wildman–Crippen LogP) is 6.03. The molecule has 3 heterocycles. The topological polar surface area (TPSA) is 73.5 Å². The summed E-state index contributed by atoms with van der Waals surface area (Å²) in [5, 5.41) is 9.64. The van der Waals surface area contributed by atoms with Gasteiger partial charge in [0.15, 0.2) is 0 Å². The summed E-state index contributed by atoms with van der Waals surface area (Å²) in [7, 11) is 0. The summed E-state index contributed by atoms with van der Waals surface area (Å²) in [6.07, 6.45) is -3.15. The molecule has 3 N–H and O–H groups in total. The van der Waals surface area contributed by atoms with Gasteiger partial charge in [-0.3, -0.25) is 14.5 Å². The van der Waals surface area contributed by atoms with Crippen LogP contribution in [0, 0.1) is 11.2 Å². The summed E-state index contributed by atoms with van der Waals surface area (Å²) in [5.74, 6) is -2.52. The first kappa shape index (κ1) is 31.0. The largest absolute Gasteiger partial charge is 0.401 e. The van der Waals surface area contributed by atoms with E-state index in [1.54, 1.807) is 30.3 Å². The molecule has 0 radical (unpaired) electrons. The summed E-state index contributed by atoms with van der Waals surface area (Å²) in [6, 6.07) is 7.63. The van der Waals surface area contributed by atoms with E-state index in [0.717, 1.165) is 0 Å². The Hall–Kier alpha value is -2.40. The molecule has 0 saturated carbocycles. The number of likely N-dealkylation sites (tertiary alicyclic amines) is 1. The standard InChI is InChI=1S/C30H34Cl2F4N4O2/c1-28(2,3)14-22-30(19-8-7-16(31)13-21(19)38-27(30)42)23(18-5-4-6-20(32)24(18)33)25(39-22)26(41)37-17-9-11-40(12-10-17)15-29(34,35)36/h4-8,13,17,22-23,25,39H,9-12,14-15H2,1-3H3,(H,37,41)(H,38,42). The van der Waals surface area contributed by atoms with Gasteiger partial charge in [-0.15, -0.1) is 0 Å². The van der Waals surface area contributed by atoms with E-state index in [9.17, 15) is 22.8 Å². The number of halogens is 6. The normalized spacial score (nSPS) is 26.9. The number of nitrogens with zero attached hydrogens (tertiary/aromatic N) is 1. The van der Waals surface area contributed by atoms with E-state index in [4.69, 9.17) is 23.2 Å².